The third-order valence-electron chi connectivity index (χ3n) is 3.87. The van der Waals surface area contributed by atoms with Crippen molar-refractivity contribution in [3.05, 3.63) is 65.2 Å². The van der Waals surface area contributed by atoms with Crippen LogP contribution in [-0.4, -0.2) is 45.7 Å². The minimum atomic E-state index is -0.190. The predicted octanol–water partition coefficient (Wildman–Crippen LogP) is 2.04. The van der Waals surface area contributed by atoms with E-state index in [1.165, 1.54) is 0 Å². The van der Waals surface area contributed by atoms with Gasteiger partial charge in [-0.3, -0.25) is 9.59 Å². The Labute approximate surface area is 153 Å². The van der Waals surface area contributed by atoms with E-state index >= 15 is 0 Å². The van der Waals surface area contributed by atoms with E-state index in [0.717, 1.165) is 11.3 Å². The van der Waals surface area contributed by atoms with Gasteiger partial charge in [-0.25, -0.2) is 0 Å². The number of carbonyl (C=O) groups is 2. The normalized spacial score (nSPS) is 10.2. The van der Waals surface area contributed by atoms with Crippen LogP contribution in [0.3, 0.4) is 0 Å². The molecule has 2 aromatic carbocycles. The molecule has 138 valence electrons. The van der Waals surface area contributed by atoms with E-state index in [9.17, 15) is 9.59 Å². The van der Waals surface area contributed by atoms with Gasteiger partial charge in [0.1, 0.15) is 5.75 Å². The Morgan fingerprint density at radius 2 is 1.42 bits per heavy atom. The fourth-order valence-corrected chi connectivity index (χ4v) is 2.46. The van der Waals surface area contributed by atoms with Gasteiger partial charge in [0.2, 0.25) is 0 Å². The summed E-state index contributed by atoms with van der Waals surface area (Å²) < 4.78 is 10.2. The molecular formula is C20H24N2O4. The molecule has 0 aliphatic heterocycles. The number of para-hydroxylation sites is 1. The summed E-state index contributed by atoms with van der Waals surface area (Å²) in [6, 6.07) is 14.3. The van der Waals surface area contributed by atoms with Crippen LogP contribution in [0.25, 0.3) is 0 Å². The second-order valence-electron chi connectivity index (χ2n) is 5.64. The van der Waals surface area contributed by atoms with E-state index in [0.29, 0.717) is 37.2 Å². The summed E-state index contributed by atoms with van der Waals surface area (Å²) in [7, 11) is 3.21. The van der Waals surface area contributed by atoms with E-state index in [1.807, 2.05) is 24.3 Å². The van der Waals surface area contributed by atoms with Gasteiger partial charge in [-0.2, -0.15) is 0 Å². The van der Waals surface area contributed by atoms with Gasteiger partial charge >= 0.3 is 0 Å². The minimum absolute atomic E-state index is 0.175. The molecule has 0 saturated heterocycles. The number of carbonyl (C=O) groups excluding carboxylic acids is 2. The first kappa shape index (κ1) is 19.5. The van der Waals surface area contributed by atoms with Crippen molar-refractivity contribution < 1.29 is 19.1 Å². The van der Waals surface area contributed by atoms with E-state index in [4.69, 9.17) is 9.47 Å². The van der Waals surface area contributed by atoms with Crippen molar-refractivity contribution in [2.24, 2.45) is 0 Å². The standard InChI is InChI=1S/C20H24N2O4/c1-25-14-13-22-20(24)17-9-7-16(8-10-17)19(23)21-12-11-15-5-3-4-6-18(15)26-2/h3-10H,11-14H2,1-2H3,(H,21,23)(H,22,24). The molecule has 0 atom stereocenters. The Morgan fingerprint density at radius 3 is 2.00 bits per heavy atom. The summed E-state index contributed by atoms with van der Waals surface area (Å²) in [5, 5.41) is 5.61. The lowest BCUT2D eigenvalue weighted by Crippen LogP contribution is -2.27. The number of hydrogen-bond donors (Lipinski definition) is 2. The van der Waals surface area contributed by atoms with Crippen LogP contribution in [0.5, 0.6) is 5.75 Å². The molecule has 0 radical (unpaired) electrons. The van der Waals surface area contributed by atoms with Crippen LogP contribution in [0.1, 0.15) is 26.3 Å². The van der Waals surface area contributed by atoms with Gasteiger partial charge in [-0.15, -0.1) is 0 Å². The first-order valence-electron chi connectivity index (χ1n) is 8.43. The molecule has 0 saturated carbocycles. The van der Waals surface area contributed by atoms with E-state index < -0.39 is 0 Å². The van der Waals surface area contributed by atoms with Crippen molar-refractivity contribution in [2.75, 3.05) is 33.9 Å². The topological polar surface area (TPSA) is 76.7 Å². The van der Waals surface area contributed by atoms with Gasteiger partial charge in [0.05, 0.1) is 13.7 Å². The smallest absolute Gasteiger partial charge is 0.251 e. The SMILES string of the molecule is COCCNC(=O)c1ccc(C(=O)NCCc2ccccc2OC)cc1. The Kier molecular flexibility index (Phi) is 7.64. The second-order valence-corrected chi connectivity index (χ2v) is 5.64. The maximum Gasteiger partial charge on any atom is 0.251 e. The van der Waals surface area contributed by atoms with Gasteiger partial charge in [0.15, 0.2) is 0 Å². The number of rotatable bonds is 9. The number of methoxy groups -OCH3 is 2. The van der Waals surface area contributed by atoms with Crippen molar-refractivity contribution in [1.29, 1.82) is 0 Å². The average Bonchev–Trinajstić information content (AvgIpc) is 2.68. The highest BCUT2D eigenvalue weighted by Crippen LogP contribution is 2.17. The van der Waals surface area contributed by atoms with Gasteiger partial charge < -0.3 is 20.1 Å². The zero-order valence-electron chi connectivity index (χ0n) is 15.1. The molecule has 6 nitrogen and oxygen atoms in total. The Bertz CT molecular complexity index is 729. The molecule has 6 heteroatoms. The minimum Gasteiger partial charge on any atom is -0.496 e. The van der Waals surface area contributed by atoms with Crippen LogP contribution in [-0.2, 0) is 11.2 Å². The lowest BCUT2D eigenvalue weighted by molar-refractivity contribution is 0.0931. The highest BCUT2D eigenvalue weighted by molar-refractivity contribution is 5.97. The highest BCUT2D eigenvalue weighted by atomic mass is 16.5. The molecule has 0 fully saturated rings. The molecule has 2 rings (SSSR count). The molecular weight excluding hydrogens is 332 g/mol. The molecule has 0 unspecified atom stereocenters. The van der Waals surface area contributed by atoms with Gasteiger partial charge in [-0.05, 0) is 42.3 Å². The molecule has 2 amide bonds. The fraction of sp³-hybridized carbons (Fsp3) is 0.300. The highest BCUT2D eigenvalue weighted by Gasteiger charge is 2.09. The Balaban J connectivity index is 1.85. The third-order valence-corrected chi connectivity index (χ3v) is 3.87. The molecule has 2 N–H and O–H groups in total. The number of nitrogens with one attached hydrogen (secondary N) is 2. The summed E-state index contributed by atoms with van der Waals surface area (Å²) >= 11 is 0. The molecule has 0 bridgehead atoms. The molecule has 2 aromatic rings. The number of amides is 2. The molecule has 0 aliphatic carbocycles. The quantitative estimate of drug-likeness (QED) is 0.674. The lowest BCUT2D eigenvalue weighted by atomic mass is 10.1. The van der Waals surface area contributed by atoms with E-state index in [1.54, 1.807) is 38.5 Å². The van der Waals surface area contributed by atoms with E-state index in [-0.39, 0.29) is 11.8 Å². The molecule has 0 spiro atoms. The summed E-state index contributed by atoms with van der Waals surface area (Å²) in [5.41, 5.74) is 2.06. The molecule has 0 aromatic heterocycles. The van der Waals surface area contributed by atoms with Crippen LogP contribution in [0.4, 0.5) is 0 Å². The van der Waals surface area contributed by atoms with Crippen molar-refractivity contribution in [3.8, 4) is 5.75 Å². The Morgan fingerprint density at radius 1 is 0.846 bits per heavy atom. The molecule has 0 aliphatic rings. The summed E-state index contributed by atoms with van der Waals surface area (Å²) in [6.45, 7) is 1.40. The maximum atomic E-state index is 12.2. The maximum absolute atomic E-state index is 12.2. The molecule has 26 heavy (non-hydrogen) atoms. The first-order valence-corrected chi connectivity index (χ1v) is 8.43. The fourth-order valence-electron chi connectivity index (χ4n) is 2.46. The third kappa shape index (κ3) is 5.60. The van der Waals surface area contributed by atoms with Gasteiger partial charge in [-0.1, -0.05) is 18.2 Å². The largest absolute Gasteiger partial charge is 0.496 e. The second kappa shape index (κ2) is 10.2. The first-order chi connectivity index (χ1) is 12.7. The zero-order valence-corrected chi connectivity index (χ0v) is 15.1. The van der Waals surface area contributed by atoms with Crippen LogP contribution in [0, 0.1) is 0 Å². The number of ether oxygens (including phenoxy) is 2. The summed E-state index contributed by atoms with van der Waals surface area (Å²) in [6.07, 6.45) is 0.676. The van der Waals surface area contributed by atoms with Crippen molar-refractivity contribution in [1.82, 2.24) is 10.6 Å². The summed E-state index contributed by atoms with van der Waals surface area (Å²) in [5.74, 6) is 0.446. The average molecular weight is 356 g/mol. The lowest BCUT2D eigenvalue weighted by Gasteiger charge is -2.09. The van der Waals surface area contributed by atoms with Crippen molar-refractivity contribution in [2.45, 2.75) is 6.42 Å². The van der Waals surface area contributed by atoms with Crippen molar-refractivity contribution in [3.63, 3.8) is 0 Å². The zero-order chi connectivity index (χ0) is 18.8. The number of hydrogen-bond acceptors (Lipinski definition) is 4. The predicted molar refractivity (Wildman–Crippen MR) is 99.7 cm³/mol. The van der Waals surface area contributed by atoms with Gasteiger partial charge in [0.25, 0.3) is 11.8 Å². The van der Waals surface area contributed by atoms with Crippen LogP contribution in [0.2, 0.25) is 0 Å². The Hall–Kier alpha value is -2.86. The van der Waals surface area contributed by atoms with Gasteiger partial charge in [0, 0.05) is 31.3 Å². The van der Waals surface area contributed by atoms with Crippen molar-refractivity contribution >= 4 is 11.8 Å². The summed E-state index contributed by atoms with van der Waals surface area (Å²) in [4.78, 5) is 24.1. The van der Waals surface area contributed by atoms with Crippen LogP contribution in [0.15, 0.2) is 48.5 Å². The monoisotopic (exact) mass is 356 g/mol. The molecule has 0 heterocycles. The van der Waals surface area contributed by atoms with E-state index in [2.05, 4.69) is 10.6 Å². The van der Waals surface area contributed by atoms with Crippen LogP contribution >= 0.6 is 0 Å². The number of benzene rings is 2. The van der Waals surface area contributed by atoms with Crippen LogP contribution < -0.4 is 15.4 Å².